The molecule has 2 aliphatic heterocycles. The first-order chi connectivity index (χ1) is 12.6. The molecule has 3 heterocycles. The number of thiophene rings is 1. The largest absolute Gasteiger partial charge is 0.381 e. The van der Waals surface area contributed by atoms with Crippen LogP contribution in [0.5, 0.6) is 0 Å². The second-order valence-electron chi connectivity index (χ2n) is 6.75. The van der Waals surface area contributed by atoms with Gasteiger partial charge in [-0.05, 0) is 30.2 Å². The minimum Gasteiger partial charge on any atom is -0.381 e. The summed E-state index contributed by atoms with van der Waals surface area (Å²) in [5.41, 5.74) is 2.10. The van der Waals surface area contributed by atoms with Crippen LogP contribution in [0.2, 0.25) is 0 Å². The van der Waals surface area contributed by atoms with Crippen molar-refractivity contribution in [2.75, 3.05) is 32.3 Å². The fourth-order valence-electron chi connectivity index (χ4n) is 3.75. The molecule has 2 aromatic rings. The van der Waals surface area contributed by atoms with E-state index in [4.69, 9.17) is 9.47 Å². The number of methoxy groups -OCH3 is 1. The number of carbonyl (C=O) groups is 1. The van der Waals surface area contributed by atoms with E-state index in [1.807, 2.05) is 11.9 Å². The first-order valence-corrected chi connectivity index (χ1v) is 10.6. The van der Waals surface area contributed by atoms with Crippen LogP contribution in [0.1, 0.15) is 29.7 Å². The molecule has 6 heteroatoms. The number of para-hydroxylation sites is 1. The molecular weight excluding hydrogens is 366 g/mol. The van der Waals surface area contributed by atoms with Crippen molar-refractivity contribution in [3.8, 4) is 0 Å². The molecule has 1 aromatic heterocycles. The number of aryl methyl sites for hydroxylation is 1. The number of benzene rings is 1. The van der Waals surface area contributed by atoms with Gasteiger partial charge in [-0.25, -0.2) is 0 Å². The lowest BCUT2D eigenvalue weighted by molar-refractivity contribution is -0.118. The fourth-order valence-corrected chi connectivity index (χ4v) is 6.28. The summed E-state index contributed by atoms with van der Waals surface area (Å²) in [5.74, 6) is 0.193. The number of rotatable bonds is 4. The molecule has 0 spiro atoms. The molecule has 0 saturated carbocycles. The van der Waals surface area contributed by atoms with Crippen molar-refractivity contribution in [1.82, 2.24) is 0 Å². The number of nitrogens with zero attached hydrogens (tertiary/aromatic N) is 1. The van der Waals surface area contributed by atoms with Crippen LogP contribution in [0.3, 0.4) is 0 Å². The number of hydrogen-bond donors (Lipinski definition) is 0. The number of anilines is 1. The molecule has 2 aliphatic rings. The Morgan fingerprint density at radius 3 is 2.77 bits per heavy atom. The molecule has 1 aromatic carbocycles. The molecule has 1 amide bonds. The van der Waals surface area contributed by atoms with Crippen molar-refractivity contribution in [3.05, 3.63) is 40.8 Å². The van der Waals surface area contributed by atoms with Crippen molar-refractivity contribution in [1.29, 1.82) is 0 Å². The zero-order valence-corrected chi connectivity index (χ0v) is 16.8. The molecule has 0 atom stereocenters. The highest BCUT2D eigenvalue weighted by atomic mass is 32.2. The van der Waals surface area contributed by atoms with Crippen molar-refractivity contribution in [2.24, 2.45) is 0 Å². The third kappa shape index (κ3) is 3.20. The van der Waals surface area contributed by atoms with Gasteiger partial charge in [0.05, 0.1) is 9.90 Å². The van der Waals surface area contributed by atoms with E-state index in [0.717, 1.165) is 43.1 Å². The molecule has 0 unspecified atom stereocenters. The highest BCUT2D eigenvalue weighted by Crippen LogP contribution is 2.45. The maximum atomic E-state index is 12.1. The van der Waals surface area contributed by atoms with Crippen molar-refractivity contribution < 1.29 is 14.3 Å². The van der Waals surface area contributed by atoms with E-state index in [-0.39, 0.29) is 11.5 Å². The normalized spacial score (nSPS) is 19.5. The highest BCUT2D eigenvalue weighted by Gasteiger charge is 2.36. The monoisotopic (exact) mass is 389 g/mol. The van der Waals surface area contributed by atoms with Crippen LogP contribution in [0.25, 0.3) is 0 Å². The molecule has 4 rings (SSSR count). The Balaban J connectivity index is 1.62. The maximum Gasteiger partial charge on any atom is 0.227 e. The molecule has 0 aliphatic carbocycles. The van der Waals surface area contributed by atoms with Gasteiger partial charge in [-0.3, -0.25) is 4.79 Å². The van der Waals surface area contributed by atoms with Gasteiger partial charge in [0.1, 0.15) is 5.60 Å². The lowest BCUT2D eigenvalue weighted by atomic mass is 9.92. The Labute approximate surface area is 162 Å². The van der Waals surface area contributed by atoms with Crippen molar-refractivity contribution >= 4 is 34.7 Å². The highest BCUT2D eigenvalue weighted by molar-refractivity contribution is 8.01. The van der Waals surface area contributed by atoms with Crippen LogP contribution < -0.4 is 4.90 Å². The summed E-state index contributed by atoms with van der Waals surface area (Å²) in [6.07, 6.45) is 3.22. The first kappa shape index (κ1) is 18.0. The second kappa shape index (κ2) is 7.35. The Kier molecular flexibility index (Phi) is 5.10. The predicted molar refractivity (Wildman–Crippen MR) is 105 cm³/mol. The Bertz CT molecular complexity index is 811. The fraction of sp³-hybridized carbons (Fsp3) is 0.450. The SMILES string of the molecule is COC1(c2ccc(Sc3cccc4c3N(C)C(=O)CC4)s2)CCOCC1. The van der Waals surface area contributed by atoms with Crippen LogP contribution in [0.15, 0.2) is 39.4 Å². The summed E-state index contributed by atoms with van der Waals surface area (Å²) in [7, 11) is 3.68. The van der Waals surface area contributed by atoms with E-state index >= 15 is 0 Å². The molecule has 4 nitrogen and oxygen atoms in total. The topological polar surface area (TPSA) is 38.8 Å². The smallest absolute Gasteiger partial charge is 0.227 e. The van der Waals surface area contributed by atoms with E-state index < -0.39 is 0 Å². The Hall–Kier alpha value is -1.34. The number of amides is 1. The third-order valence-corrected chi connectivity index (χ3v) is 7.78. The summed E-state index contributed by atoms with van der Waals surface area (Å²) < 4.78 is 12.7. The Morgan fingerprint density at radius 2 is 2.00 bits per heavy atom. The molecule has 0 N–H and O–H groups in total. The van der Waals surface area contributed by atoms with Gasteiger partial charge >= 0.3 is 0 Å². The molecule has 1 saturated heterocycles. The number of fused-ring (bicyclic) bond motifs is 1. The van der Waals surface area contributed by atoms with Gasteiger partial charge in [0.2, 0.25) is 5.91 Å². The molecular formula is C20H23NO3S2. The molecule has 0 bridgehead atoms. The van der Waals surface area contributed by atoms with E-state index in [1.54, 1.807) is 30.2 Å². The average molecular weight is 390 g/mol. The van der Waals surface area contributed by atoms with Gasteiger partial charge in [0.25, 0.3) is 0 Å². The van der Waals surface area contributed by atoms with Crippen LogP contribution in [0.4, 0.5) is 5.69 Å². The van der Waals surface area contributed by atoms with E-state index in [2.05, 4.69) is 30.3 Å². The van der Waals surface area contributed by atoms with Crippen LogP contribution >= 0.6 is 23.1 Å². The van der Waals surface area contributed by atoms with Gasteiger partial charge < -0.3 is 14.4 Å². The number of ether oxygens (including phenoxy) is 2. The molecule has 26 heavy (non-hydrogen) atoms. The van der Waals surface area contributed by atoms with Gasteiger partial charge in [-0.1, -0.05) is 23.9 Å². The van der Waals surface area contributed by atoms with E-state index in [1.165, 1.54) is 14.6 Å². The maximum absolute atomic E-state index is 12.1. The van der Waals surface area contributed by atoms with Crippen molar-refractivity contribution in [3.63, 3.8) is 0 Å². The third-order valence-electron chi connectivity index (χ3n) is 5.33. The summed E-state index contributed by atoms with van der Waals surface area (Å²) in [4.78, 5) is 16.4. The molecule has 0 radical (unpaired) electrons. The zero-order valence-electron chi connectivity index (χ0n) is 15.1. The molecule has 1 fully saturated rings. The zero-order chi connectivity index (χ0) is 18.1. The van der Waals surface area contributed by atoms with Gasteiger partial charge in [-0.2, -0.15) is 0 Å². The summed E-state index contributed by atoms with van der Waals surface area (Å²) in [5, 5.41) is 0. The lowest BCUT2D eigenvalue weighted by Crippen LogP contribution is -2.34. The minimum absolute atomic E-state index is 0.193. The van der Waals surface area contributed by atoms with Crippen molar-refractivity contribution in [2.45, 2.75) is 40.4 Å². The van der Waals surface area contributed by atoms with Crippen LogP contribution in [-0.2, 0) is 26.3 Å². The van der Waals surface area contributed by atoms with Crippen LogP contribution in [0, 0.1) is 0 Å². The quantitative estimate of drug-likeness (QED) is 0.774. The summed E-state index contributed by atoms with van der Waals surface area (Å²) in [6.45, 7) is 1.49. The molecule has 138 valence electrons. The van der Waals surface area contributed by atoms with E-state index in [0.29, 0.717) is 6.42 Å². The van der Waals surface area contributed by atoms with Gasteiger partial charge in [0, 0.05) is 56.4 Å². The van der Waals surface area contributed by atoms with E-state index in [9.17, 15) is 4.79 Å². The predicted octanol–water partition coefficient (Wildman–Crippen LogP) is 4.46. The lowest BCUT2D eigenvalue weighted by Gasteiger charge is -2.35. The number of hydrogen-bond acceptors (Lipinski definition) is 5. The second-order valence-corrected chi connectivity index (χ2v) is 9.17. The summed E-state index contributed by atoms with van der Waals surface area (Å²) >= 11 is 3.53. The first-order valence-electron chi connectivity index (χ1n) is 8.92. The van der Waals surface area contributed by atoms with Gasteiger partial charge in [-0.15, -0.1) is 11.3 Å². The van der Waals surface area contributed by atoms with Crippen LogP contribution in [-0.4, -0.2) is 33.3 Å². The standard InChI is InChI=1S/C20H23NO3S2/c1-21-17(22)8-6-14-4-3-5-15(19(14)21)25-18-9-7-16(26-18)20(23-2)10-12-24-13-11-20/h3-5,7,9H,6,8,10-13H2,1-2H3. The minimum atomic E-state index is -0.218. The average Bonchev–Trinajstić information content (AvgIpc) is 3.14. The number of carbonyl (C=O) groups excluding carboxylic acids is 1. The van der Waals surface area contributed by atoms with Gasteiger partial charge in [0.15, 0.2) is 0 Å². The summed E-state index contributed by atoms with van der Waals surface area (Å²) in [6, 6.07) is 10.7. The Morgan fingerprint density at radius 1 is 1.19 bits per heavy atom.